The Bertz CT molecular complexity index is 444. The van der Waals surface area contributed by atoms with Gasteiger partial charge in [0.05, 0.1) is 17.6 Å². The highest BCUT2D eigenvalue weighted by Gasteiger charge is 2.02. The summed E-state index contributed by atoms with van der Waals surface area (Å²) in [5, 5.41) is 0. The summed E-state index contributed by atoms with van der Waals surface area (Å²) in [7, 11) is 0. The van der Waals surface area contributed by atoms with Gasteiger partial charge >= 0.3 is 0 Å². The minimum absolute atomic E-state index is 0.696. The maximum absolute atomic E-state index is 5.44. The van der Waals surface area contributed by atoms with Gasteiger partial charge in [0, 0.05) is 12.5 Å². The van der Waals surface area contributed by atoms with Crippen LogP contribution >= 0.6 is 0 Å². The number of hydrogen-bond acceptors (Lipinski definition) is 2. The number of hydrogen-bond donors (Lipinski definition) is 1. The second kappa shape index (κ2) is 4.34. The van der Waals surface area contributed by atoms with Gasteiger partial charge in [0.1, 0.15) is 11.6 Å². The fourth-order valence-corrected chi connectivity index (χ4v) is 1.65. The number of nitrogens with zero attached hydrogens (tertiary/aromatic N) is 1. The van der Waals surface area contributed by atoms with E-state index >= 15 is 0 Å². The van der Waals surface area contributed by atoms with E-state index < -0.39 is 0 Å². The van der Waals surface area contributed by atoms with Gasteiger partial charge in [0.2, 0.25) is 0 Å². The van der Waals surface area contributed by atoms with E-state index in [0.29, 0.717) is 6.61 Å². The Morgan fingerprint density at radius 2 is 2.20 bits per heavy atom. The van der Waals surface area contributed by atoms with Crippen molar-refractivity contribution in [2.75, 3.05) is 6.61 Å². The Morgan fingerprint density at radius 3 is 2.93 bits per heavy atom. The number of H-pyrrole nitrogens is 1. The largest absolute Gasteiger partial charge is 0.494 e. The molecule has 1 aromatic heterocycles. The fraction of sp³-hybridized carbons (Fsp3) is 0.417. The van der Waals surface area contributed by atoms with Gasteiger partial charge in [-0.25, -0.2) is 4.98 Å². The number of aromatic nitrogens is 2. The summed E-state index contributed by atoms with van der Waals surface area (Å²) in [6, 6.07) is 5.96. The lowest BCUT2D eigenvalue weighted by atomic mass is 10.3. The van der Waals surface area contributed by atoms with Crippen molar-refractivity contribution < 1.29 is 4.74 Å². The number of aromatic amines is 1. The van der Waals surface area contributed by atoms with Crippen molar-refractivity contribution in [1.29, 1.82) is 0 Å². The van der Waals surface area contributed by atoms with Gasteiger partial charge < -0.3 is 9.72 Å². The van der Waals surface area contributed by atoms with Crippen molar-refractivity contribution in [3.63, 3.8) is 0 Å². The van der Waals surface area contributed by atoms with Crippen LogP contribution in [-0.4, -0.2) is 16.6 Å². The molecule has 0 fully saturated rings. The van der Waals surface area contributed by atoms with Gasteiger partial charge in [0.15, 0.2) is 0 Å². The van der Waals surface area contributed by atoms with Crippen molar-refractivity contribution in [3.8, 4) is 5.75 Å². The predicted octanol–water partition coefficient (Wildman–Crippen LogP) is 2.91. The minimum atomic E-state index is 0.696. The summed E-state index contributed by atoms with van der Waals surface area (Å²) >= 11 is 0. The molecule has 0 saturated carbocycles. The Kier molecular flexibility index (Phi) is 2.90. The molecular formula is C12H16N2O. The molecule has 0 amide bonds. The number of aryl methyl sites for hydroxylation is 1. The van der Waals surface area contributed by atoms with Crippen molar-refractivity contribution in [2.45, 2.75) is 26.7 Å². The highest BCUT2D eigenvalue weighted by molar-refractivity contribution is 5.76. The van der Waals surface area contributed by atoms with Crippen molar-refractivity contribution in [1.82, 2.24) is 9.97 Å². The lowest BCUT2D eigenvalue weighted by Gasteiger charge is -2.00. The van der Waals surface area contributed by atoms with Gasteiger partial charge in [-0.05, 0) is 25.5 Å². The predicted molar refractivity (Wildman–Crippen MR) is 61.3 cm³/mol. The second-order valence-corrected chi connectivity index (χ2v) is 3.55. The zero-order valence-corrected chi connectivity index (χ0v) is 9.21. The van der Waals surface area contributed by atoms with Crippen LogP contribution in [0.3, 0.4) is 0 Å². The van der Waals surface area contributed by atoms with Gasteiger partial charge in [-0.15, -0.1) is 0 Å². The summed E-state index contributed by atoms with van der Waals surface area (Å²) in [5.74, 6) is 1.96. The molecule has 0 bridgehead atoms. The van der Waals surface area contributed by atoms with Crippen LogP contribution in [0.1, 0.15) is 26.1 Å². The van der Waals surface area contributed by atoms with Crippen LogP contribution in [-0.2, 0) is 6.42 Å². The Morgan fingerprint density at radius 1 is 1.33 bits per heavy atom. The number of imidazole rings is 1. The third-order valence-electron chi connectivity index (χ3n) is 2.30. The first-order chi connectivity index (χ1) is 7.33. The second-order valence-electron chi connectivity index (χ2n) is 3.55. The molecule has 0 spiro atoms. The van der Waals surface area contributed by atoms with Crippen molar-refractivity contribution in [2.24, 2.45) is 0 Å². The first-order valence-electron chi connectivity index (χ1n) is 5.45. The molecule has 3 nitrogen and oxygen atoms in total. The average molecular weight is 204 g/mol. The van der Waals surface area contributed by atoms with E-state index in [9.17, 15) is 0 Å². The highest BCUT2D eigenvalue weighted by atomic mass is 16.5. The zero-order chi connectivity index (χ0) is 10.7. The number of benzene rings is 1. The molecule has 15 heavy (non-hydrogen) atoms. The average Bonchev–Trinajstić information content (AvgIpc) is 2.60. The summed E-state index contributed by atoms with van der Waals surface area (Å²) < 4.78 is 5.44. The van der Waals surface area contributed by atoms with Gasteiger partial charge in [-0.1, -0.05) is 6.92 Å². The van der Waals surface area contributed by atoms with E-state index in [0.717, 1.165) is 35.4 Å². The quantitative estimate of drug-likeness (QED) is 0.831. The number of rotatable bonds is 4. The molecule has 0 atom stereocenters. The summed E-state index contributed by atoms with van der Waals surface area (Å²) in [5.41, 5.74) is 2.08. The smallest absolute Gasteiger partial charge is 0.121 e. The molecule has 0 aliphatic rings. The lowest BCUT2D eigenvalue weighted by molar-refractivity contribution is 0.340. The zero-order valence-electron chi connectivity index (χ0n) is 9.21. The van der Waals surface area contributed by atoms with Crippen LogP contribution in [0, 0.1) is 0 Å². The van der Waals surface area contributed by atoms with Crippen molar-refractivity contribution in [3.05, 3.63) is 24.0 Å². The molecule has 1 N–H and O–H groups in total. The molecule has 1 aromatic carbocycles. The van der Waals surface area contributed by atoms with Crippen LogP contribution in [0.25, 0.3) is 11.0 Å². The van der Waals surface area contributed by atoms with E-state index in [4.69, 9.17) is 4.74 Å². The van der Waals surface area contributed by atoms with Crippen LogP contribution in [0.4, 0.5) is 0 Å². The normalized spacial score (nSPS) is 10.8. The van der Waals surface area contributed by atoms with Gasteiger partial charge in [0.25, 0.3) is 0 Å². The number of ether oxygens (including phenoxy) is 1. The van der Waals surface area contributed by atoms with E-state index in [2.05, 4.69) is 16.9 Å². The van der Waals surface area contributed by atoms with Gasteiger partial charge in [-0.3, -0.25) is 0 Å². The molecule has 0 unspecified atom stereocenters. The van der Waals surface area contributed by atoms with E-state index in [1.165, 1.54) is 0 Å². The van der Waals surface area contributed by atoms with Crippen LogP contribution in [0.2, 0.25) is 0 Å². The van der Waals surface area contributed by atoms with E-state index in [1.54, 1.807) is 0 Å². The Hall–Kier alpha value is -1.51. The Labute approximate surface area is 89.5 Å². The third kappa shape index (κ3) is 2.12. The van der Waals surface area contributed by atoms with E-state index in [1.807, 2.05) is 25.1 Å². The third-order valence-corrected chi connectivity index (χ3v) is 2.30. The number of nitrogens with one attached hydrogen (secondary N) is 1. The lowest BCUT2D eigenvalue weighted by Crippen LogP contribution is -1.90. The molecule has 80 valence electrons. The summed E-state index contributed by atoms with van der Waals surface area (Å²) in [6.45, 7) is 4.83. The topological polar surface area (TPSA) is 37.9 Å². The highest BCUT2D eigenvalue weighted by Crippen LogP contribution is 2.19. The monoisotopic (exact) mass is 204 g/mol. The molecule has 2 aromatic rings. The molecule has 0 aliphatic carbocycles. The molecule has 0 saturated heterocycles. The van der Waals surface area contributed by atoms with E-state index in [-0.39, 0.29) is 0 Å². The molecular weight excluding hydrogens is 188 g/mol. The van der Waals surface area contributed by atoms with Gasteiger partial charge in [-0.2, -0.15) is 0 Å². The molecule has 3 heteroatoms. The maximum Gasteiger partial charge on any atom is 0.121 e. The molecule has 2 rings (SSSR count). The maximum atomic E-state index is 5.44. The minimum Gasteiger partial charge on any atom is -0.494 e. The SMILES string of the molecule is CCCc1nc2ccc(OCC)cc2[nH]1. The molecule has 0 aliphatic heterocycles. The standard InChI is InChI=1S/C12H16N2O/c1-3-5-12-13-10-7-6-9(15-4-2)8-11(10)14-12/h6-8H,3-5H2,1-2H3,(H,13,14). The van der Waals surface area contributed by atoms with Crippen molar-refractivity contribution >= 4 is 11.0 Å². The van der Waals surface area contributed by atoms with Crippen LogP contribution < -0.4 is 4.74 Å². The van der Waals surface area contributed by atoms with Crippen LogP contribution in [0.5, 0.6) is 5.75 Å². The summed E-state index contributed by atoms with van der Waals surface area (Å²) in [4.78, 5) is 7.80. The first-order valence-corrected chi connectivity index (χ1v) is 5.45. The summed E-state index contributed by atoms with van der Waals surface area (Å²) in [6.07, 6.45) is 2.11. The Balaban J connectivity index is 2.34. The van der Waals surface area contributed by atoms with Crippen LogP contribution in [0.15, 0.2) is 18.2 Å². The molecule has 1 heterocycles. The number of fused-ring (bicyclic) bond motifs is 1. The molecule has 0 radical (unpaired) electrons. The first kappa shape index (κ1) is 10.0. The fourth-order valence-electron chi connectivity index (χ4n) is 1.65.